The third-order valence-corrected chi connectivity index (χ3v) is 4.10. The number of amides is 1. The van der Waals surface area contributed by atoms with Gasteiger partial charge in [-0.3, -0.25) is 4.79 Å². The van der Waals surface area contributed by atoms with Gasteiger partial charge in [0, 0.05) is 5.69 Å². The Labute approximate surface area is 169 Å². The minimum Gasteiger partial charge on any atom is -0.449 e. The SMILES string of the molecule is CC(C)OCc1ccc(C(=O)O[C@@H](C)C(=O)Nc2ccc(C#N)c(Cl)c2)cc1. The lowest BCUT2D eigenvalue weighted by atomic mass is 10.1. The van der Waals surface area contributed by atoms with Crippen molar-refractivity contribution in [1.82, 2.24) is 0 Å². The van der Waals surface area contributed by atoms with Gasteiger partial charge in [0.1, 0.15) is 6.07 Å². The molecule has 0 saturated heterocycles. The molecule has 0 bridgehead atoms. The van der Waals surface area contributed by atoms with Gasteiger partial charge in [-0.2, -0.15) is 5.26 Å². The van der Waals surface area contributed by atoms with Crippen LogP contribution in [0.4, 0.5) is 5.69 Å². The summed E-state index contributed by atoms with van der Waals surface area (Å²) in [6.45, 7) is 5.83. The molecule has 6 nitrogen and oxygen atoms in total. The predicted molar refractivity (Wildman–Crippen MR) is 106 cm³/mol. The van der Waals surface area contributed by atoms with Crippen molar-refractivity contribution in [3.8, 4) is 6.07 Å². The molecule has 1 N–H and O–H groups in total. The van der Waals surface area contributed by atoms with Gasteiger partial charge in [0.15, 0.2) is 6.10 Å². The fourth-order valence-electron chi connectivity index (χ4n) is 2.21. The second-order valence-corrected chi connectivity index (χ2v) is 6.81. The van der Waals surface area contributed by atoms with Gasteiger partial charge in [0.05, 0.1) is 28.9 Å². The van der Waals surface area contributed by atoms with Crippen LogP contribution in [0, 0.1) is 11.3 Å². The Balaban J connectivity index is 1.93. The first-order valence-electron chi connectivity index (χ1n) is 8.72. The van der Waals surface area contributed by atoms with Crippen molar-refractivity contribution in [2.45, 2.75) is 39.6 Å². The Bertz CT molecular complexity index is 888. The summed E-state index contributed by atoms with van der Waals surface area (Å²) < 4.78 is 10.7. The number of benzene rings is 2. The molecule has 28 heavy (non-hydrogen) atoms. The van der Waals surface area contributed by atoms with E-state index in [0.29, 0.717) is 23.4 Å². The van der Waals surface area contributed by atoms with Crippen LogP contribution in [0.2, 0.25) is 5.02 Å². The molecule has 2 aromatic rings. The van der Waals surface area contributed by atoms with Gasteiger partial charge in [-0.1, -0.05) is 23.7 Å². The van der Waals surface area contributed by atoms with Gasteiger partial charge in [-0.15, -0.1) is 0 Å². The number of rotatable bonds is 7. The van der Waals surface area contributed by atoms with E-state index in [9.17, 15) is 9.59 Å². The van der Waals surface area contributed by atoms with Crippen molar-refractivity contribution in [3.05, 3.63) is 64.2 Å². The zero-order valence-electron chi connectivity index (χ0n) is 15.9. The summed E-state index contributed by atoms with van der Waals surface area (Å²) >= 11 is 5.94. The number of anilines is 1. The van der Waals surface area contributed by atoms with Gasteiger partial charge in [0.25, 0.3) is 5.91 Å². The summed E-state index contributed by atoms with van der Waals surface area (Å²) in [5.74, 6) is -1.10. The van der Waals surface area contributed by atoms with Gasteiger partial charge in [-0.05, 0) is 56.7 Å². The van der Waals surface area contributed by atoms with Crippen LogP contribution in [0.5, 0.6) is 0 Å². The standard InChI is InChI=1S/C21H21ClN2O4/c1-13(2)27-12-15-4-6-16(7-5-15)21(26)28-14(3)20(25)24-18-9-8-17(11-23)19(22)10-18/h4-10,13-14H,12H2,1-3H3,(H,24,25)/t14-/m0/s1. The number of ether oxygens (including phenoxy) is 2. The fraction of sp³-hybridized carbons (Fsp3) is 0.286. The number of nitrogens with zero attached hydrogens (tertiary/aromatic N) is 1. The first-order chi connectivity index (χ1) is 13.3. The molecular weight excluding hydrogens is 380 g/mol. The molecule has 2 rings (SSSR count). The third kappa shape index (κ3) is 6.08. The summed E-state index contributed by atoms with van der Waals surface area (Å²) in [7, 11) is 0. The number of halogens is 1. The average molecular weight is 401 g/mol. The van der Waals surface area contributed by atoms with Crippen LogP contribution in [0.3, 0.4) is 0 Å². The Morgan fingerprint density at radius 2 is 1.82 bits per heavy atom. The Morgan fingerprint density at radius 1 is 1.14 bits per heavy atom. The van der Waals surface area contributed by atoms with E-state index in [-0.39, 0.29) is 11.1 Å². The van der Waals surface area contributed by atoms with Crippen molar-refractivity contribution >= 4 is 29.2 Å². The smallest absolute Gasteiger partial charge is 0.338 e. The van der Waals surface area contributed by atoms with Crippen LogP contribution in [-0.2, 0) is 20.9 Å². The quantitative estimate of drug-likeness (QED) is 0.699. The highest BCUT2D eigenvalue weighted by Gasteiger charge is 2.19. The zero-order valence-corrected chi connectivity index (χ0v) is 16.6. The van der Waals surface area contributed by atoms with Crippen LogP contribution in [-0.4, -0.2) is 24.1 Å². The van der Waals surface area contributed by atoms with Gasteiger partial charge in [-0.25, -0.2) is 4.79 Å². The number of carbonyl (C=O) groups excluding carboxylic acids is 2. The molecule has 0 unspecified atom stereocenters. The molecule has 1 amide bonds. The number of hydrogen-bond donors (Lipinski definition) is 1. The molecule has 146 valence electrons. The van der Waals surface area contributed by atoms with Crippen LogP contribution in [0.15, 0.2) is 42.5 Å². The lowest BCUT2D eigenvalue weighted by Gasteiger charge is -2.14. The fourth-order valence-corrected chi connectivity index (χ4v) is 2.43. The lowest BCUT2D eigenvalue weighted by molar-refractivity contribution is -0.123. The molecule has 1 atom stereocenters. The van der Waals surface area contributed by atoms with Crippen molar-refractivity contribution < 1.29 is 19.1 Å². The Hall–Kier alpha value is -2.88. The highest BCUT2D eigenvalue weighted by Crippen LogP contribution is 2.20. The molecule has 7 heteroatoms. The molecule has 0 aliphatic heterocycles. The monoisotopic (exact) mass is 400 g/mol. The molecule has 2 aromatic carbocycles. The van der Waals surface area contributed by atoms with E-state index in [4.69, 9.17) is 26.3 Å². The summed E-state index contributed by atoms with van der Waals surface area (Å²) in [5.41, 5.74) is 2.00. The Kier molecular flexibility index (Phi) is 7.56. The summed E-state index contributed by atoms with van der Waals surface area (Å²) in [5, 5.41) is 11.7. The first kappa shape index (κ1) is 21.4. The normalized spacial score (nSPS) is 11.6. The number of nitriles is 1. The molecule has 0 spiro atoms. The minimum absolute atomic E-state index is 0.120. The number of hydrogen-bond acceptors (Lipinski definition) is 5. The van der Waals surface area contributed by atoms with Gasteiger partial charge < -0.3 is 14.8 Å². The Morgan fingerprint density at radius 3 is 2.39 bits per heavy atom. The maximum atomic E-state index is 12.2. The van der Waals surface area contributed by atoms with E-state index in [1.54, 1.807) is 30.3 Å². The molecule has 0 heterocycles. The summed E-state index contributed by atoms with van der Waals surface area (Å²) in [4.78, 5) is 24.5. The molecule has 0 aliphatic rings. The summed E-state index contributed by atoms with van der Waals surface area (Å²) in [6, 6.07) is 13.3. The molecule has 0 saturated carbocycles. The number of esters is 1. The van der Waals surface area contributed by atoms with Crippen molar-refractivity contribution in [2.75, 3.05) is 5.32 Å². The molecular formula is C21H21ClN2O4. The van der Waals surface area contributed by atoms with E-state index in [2.05, 4.69) is 5.32 Å². The second kappa shape index (κ2) is 9.88. The first-order valence-corrected chi connectivity index (χ1v) is 9.10. The van der Waals surface area contributed by atoms with E-state index in [1.807, 2.05) is 19.9 Å². The zero-order chi connectivity index (χ0) is 20.7. The maximum absolute atomic E-state index is 12.2. The van der Waals surface area contributed by atoms with E-state index in [1.165, 1.54) is 19.1 Å². The largest absolute Gasteiger partial charge is 0.449 e. The molecule has 0 fully saturated rings. The van der Waals surface area contributed by atoms with Crippen molar-refractivity contribution in [2.24, 2.45) is 0 Å². The lowest BCUT2D eigenvalue weighted by Crippen LogP contribution is -2.30. The minimum atomic E-state index is -1.01. The van der Waals surface area contributed by atoms with Crippen LogP contribution in [0.1, 0.15) is 42.3 Å². The van der Waals surface area contributed by atoms with E-state index < -0.39 is 18.0 Å². The second-order valence-electron chi connectivity index (χ2n) is 6.40. The molecule has 0 aromatic heterocycles. The molecule has 0 aliphatic carbocycles. The van der Waals surface area contributed by atoms with Crippen LogP contribution in [0.25, 0.3) is 0 Å². The third-order valence-electron chi connectivity index (χ3n) is 3.78. The maximum Gasteiger partial charge on any atom is 0.338 e. The highest BCUT2D eigenvalue weighted by atomic mass is 35.5. The number of nitrogens with one attached hydrogen (secondary N) is 1. The highest BCUT2D eigenvalue weighted by molar-refractivity contribution is 6.32. The summed E-state index contributed by atoms with van der Waals surface area (Å²) in [6.07, 6.45) is -0.888. The van der Waals surface area contributed by atoms with E-state index >= 15 is 0 Å². The van der Waals surface area contributed by atoms with Crippen LogP contribution >= 0.6 is 11.6 Å². The average Bonchev–Trinajstić information content (AvgIpc) is 2.66. The van der Waals surface area contributed by atoms with Crippen LogP contribution < -0.4 is 5.32 Å². The van der Waals surface area contributed by atoms with Crippen molar-refractivity contribution in [3.63, 3.8) is 0 Å². The van der Waals surface area contributed by atoms with E-state index in [0.717, 1.165) is 5.56 Å². The van der Waals surface area contributed by atoms with Gasteiger partial charge >= 0.3 is 5.97 Å². The van der Waals surface area contributed by atoms with Crippen molar-refractivity contribution in [1.29, 1.82) is 5.26 Å². The van der Waals surface area contributed by atoms with Gasteiger partial charge in [0.2, 0.25) is 0 Å². The number of carbonyl (C=O) groups is 2. The molecule has 0 radical (unpaired) electrons. The topological polar surface area (TPSA) is 88.4 Å². The predicted octanol–water partition coefficient (Wildman–Crippen LogP) is 4.32.